The van der Waals surface area contributed by atoms with Gasteiger partial charge in [-0.25, -0.2) is 10.4 Å². The van der Waals surface area contributed by atoms with Crippen LogP contribution < -0.4 is 16.0 Å². The van der Waals surface area contributed by atoms with Crippen LogP contribution in [0.2, 0.25) is 0 Å². The molecule has 24 heavy (non-hydrogen) atoms. The molecular formula is C14H21N7O2S. The standard InChI is InChI=1S/C14H21N7O2S/c1-3-5-8-6-14(15,4-2)11(23-8)21-10-9(24-13(21)22)7-17-12(18-10)19-20-16/h7-8,11H,3-6,15H2,1-2H3,(H2,16,17,18,19)/t8?,11-,14+/m1/s1. The molecule has 0 saturated carbocycles. The molecule has 130 valence electrons. The van der Waals surface area contributed by atoms with Crippen molar-refractivity contribution in [1.82, 2.24) is 14.5 Å². The molecule has 2 aromatic heterocycles. The number of nitrogens with one attached hydrogen (secondary N) is 2. The van der Waals surface area contributed by atoms with E-state index in [4.69, 9.17) is 16.0 Å². The van der Waals surface area contributed by atoms with Crippen LogP contribution in [0.3, 0.4) is 0 Å². The van der Waals surface area contributed by atoms with Gasteiger partial charge in [-0.2, -0.15) is 10.5 Å². The molecule has 0 aromatic carbocycles. The van der Waals surface area contributed by atoms with Crippen LogP contribution in [0.15, 0.2) is 16.2 Å². The maximum absolute atomic E-state index is 12.6. The highest BCUT2D eigenvalue weighted by molar-refractivity contribution is 7.16. The highest BCUT2D eigenvalue weighted by atomic mass is 32.1. The molecular weight excluding hydrogens is 330 g/mol. The Morgan fingerprint density at radius 2 is 2.42 bits per heavy atom. The van der Waals surface area contributed by atoms with Crippen LogP contribution in [0.25, 0.3) is 10.3 Å². The number of aromatic nitrogens is 3. The second-order valence-electron chi connectivity index (χ2n) is 6.03. The smallest absolute Gasteiger partial charge is 0.311 e. The van der Waals surface area contributed by atoms with Crippen molar-refractivity contribution in [2.45, 2.75) is 57.4 Å². The summed E-state index contributed by atoms with van der Waals surface area (Å²) in [6, 6.07) is 0. The lowest BCUT2D eigenvalue weighted by Gasteiger charge is -2.28. The van der Waals surface area contributed by atoms with Gasteiger partial charge in [-0.05, 0) is 19.3 Å². The van der Waals surface area contributed by atoms with Crippen molar-refractivity contribution in [2.75, 3.05) is 5.43 Å². The molecule has 0 amide bonds. The number of hydrogen-bond acceptors (Lipinski definition) is 8. The van der Waals surface area contributed by atoms with Gasteiger partial charge in [-0.3, -0.25) is 9.36 Å². The minimum absolute atomic E-state index is 0.0366. The molecule has 3 atom stereocenters. The van der Waals surface area contributed by atoms with Crippen molar-refractivity contribution < 1.29 is 4.74 Å². The maximum Gasteiger partial charge on any atom is 0.311 e. The van der Waals surface area contributed by atoms with E-state index in [1.54, 1.807) is 6.20 Å². The van der Waals surface area contributed by atoms with E-state index in [9.17, 15) is 4.79 Å². The summed E-state index contributed by atoms with van der Waals surface area (Å²) < 4.78 is 8.32. The van der Waals surface area contributed by atoms with Gasteiger partial charge >= 0.3 is 4.87 Å². The van der Waals surface area contributed by atoms with Gasteiger partial charge in [-0.15, -0.1) is 0 Å². The van der Waals surface area contributed by atoms with Gasteiger partial charge in [0.2, 0.25) is 5.95 Å². The largest absolute Gasteiger partial charge is 0.353 e. The molecule has 1 fully saturated rings. The molecule has 1 aliphatic rings. The van der Waals surface area contributed by atoms with E-state index >= 15 is 0 Å². The van der Waals surface area contributed by atoms with Crippen molar-refractivity contribution in [2.24, 2.45) is 11.0 Å². The van der Waals surface area contributed by atoms with Gasteiger partial charge in [0.1, 0.15) is 0 Å². The van der Waals surface area contributed by atoms with Crippen molar-refractivity contribution >= 4 is 27.6 Å². The Balaban J connectivity index is 2.09. The zero-order chi connectivity index (χ0) is 17.3. The molecule has 1 aliphatic heterocycles. The third kappa shape index (κ3) is 2.80. The Bertz CT molecular complexity index is 804. The average Bonchev–Trinajstić information content (AvgIpc) is 3.04. The Labute approximate surface area is 142 Å². The molecule has 0 radical (unpaired) electrons. The average molecular weight is 351 g/mol. The summed E-state index contributed by atoms with van der Waals surface area (Å²) in [4.78, 5) is 20.7. The lowest BCUT2D eigenvalue weighted by molar-refractivity contribution is -0.0210. The van der Waals surface area contributed by atoms with E-state index in [0.29, 0.717) is 23.2 Å². The lowest BCUT2D eigenvalue weighted by Crippen LogP contribution is -2.46. The Morgan fingerprint density at radius 1 is 1.62 bits per heavy atom. The number of thiazole rings is 1. The van der Waals surface area contributed by atoms with Crippen molar-refractivity contribution in [3.8, 4) is 0 Å². The molecule has 0 bridgehead atoms. The molecule has 2 aromatic rings. The van der Waals surface area contributed by atoms with Gasteiger partial charge < -0.3 is 10.5 Å². The van der Waals surface area contributed by atoms with Crippen LogP contribution in [0.1, 0.15) is 45.8 Å². The number of rotatable bonds is 6. The fourth-order valence-electron chi connectivity index (χ4n) is 3.17. The molecule has 0 spiro atoms. The number of nitrogens with two attached hydrogens (primary N) is 1. The zero-order valence-corrected chi connectivity index (χ0v) is 14.5. The van der Waals surface area contributed by atoms with Crippen LogP contribution in [0.4, 0.5) is 5.95 Å². The van der Waals surface area contributed by atoms with Crippen molar-refractivity contribution in [3.05, 3.63) is 15.9 Å². The fraction of sp³-hybridized carbons (Fsp3) is 0.643. The summed E-state index contributed by atoms with van der Waals surface area (Å²) in [6.45, 7) is 4.10. The quantitative estimate of drug-likeness (QED) is 0.541. The van der Waals surface area contributed by atoms with Crippen LogP contribution in [-0.4, -0.2) is 26.2 Å². The summed E-state index contributed by atoms with van der Waals surface area (Å²) in [5.74, 6) is 0.159. The summed E-state index contributed by atoms with van der Waals surface area (Å²) in [5.41, 5.74) is 15.7. The van der Waals surface area contributed by atoms with Crippen LogP contribution in [0.5, 0.6) is 0 Å². The topological polar surface area (TPSA) is 131 Å². The molecule has 3 rings (SSSR count). The van der Waals surface area contributed by atoms with E-state index in [-0.39, 0.29) is 16.9 Å². The normalized spacial score (nSPS) is 26.8. The Hall–Kier alpha value is -1.91. The molecule has 10 heteroatoms. The van der Waals surface area contributed by atoms with Crippen LogP contribution in [0, 0.1) is 5.53 Å². The highest BCUT2D eigenvalue weighted by Gasteiger charge is 2.46. The van der Waals surface area contributed by atoms with E-state index < -0.39 is 11.8 Å². The van der Waals surface area contributed by atoms with Crippen molar-refractivity contribution in [3.63, 3.8) is 0 Å². The number of ether oxygens (including phenoxy) is 1. The fourth-order valence-corrected chi connectivity index (χ4v) is 3.98. The third-order valence-corrected chi connectivity index (χ3v) is 5.32. The minimum atomic E-state index is -0.615. The Kier molecular flexibility index (Phi) is 4.61. The summed E-state index contributed by atoms with van der Waals surface area (Å²) in [6.07, 6.45) is 4.33. The molecule has 4 N–H and O–H groups in total. The predicted octanol–water partition coefficient (Wildman–Crippen LogP) is 2.41. The van der Waals surface area contributed by atoms with E-state index in [1.165, 1.54) is 4.57 Å². The highest BCUT2D eigenvalue weighted by Crippen LogP contribution is 2.40. The molecule has 1 saturated heterocycles. The maximum atomic E-state index is 12.6. The van der Waals surface area contributed by atoms with Crippen LogP contribution in [-0.2, 0) is 4.74 Å². The summed E-state index contributed by atoms with van der Waals surface area (Å²) in [7, 11) is 0. The summed E-state index contributed by atoms with van der Waals surface area (Å²) in [5, 5.41) is 3.06. The number of nitrogens with zero attached hydrogens (tertiary/aromatic N) is 4. The molecule has 1 unspecified atom stereocenters. The third-order valence-electron chi connectivity index (χ3n) is 4.44. The Morgan fingerprint density at radius 3 is 3.08 bits per heavy atom. The number of hydrogen-bond donors (Lipinski definition) is 3. The van der Waals surface area contributed by atoms with Gasteiger partial charge in [0.15, 0.2) is 11.9 Å². The summed E-state index contributed by atoms with van der Waals surface area (Å²) >= 11 is 1.06. The first kappa shape index (κ1) is 16.9. The van der Waals surface area contributed by atoms with Gasteiger partial charge in [0.05, 0.1) is 22.5 Å². The van der Waals surface area contributed by atoms with E-state index in [0.717, 1.165) is 24.2 Å². The first-order valence-corrected chi connectivity index (χ1v) is 8.79. The molecule has 3 heterocycles. The number of fused-ring (bicyclic) bond motifs is 1. The van der Waals surface area contributed by atoms with Crippen LogP contribution >= 0.6 is 11.3 Å². The van der Waals surface area contributed by atoms with Crippen molar-refractivity contribution in [1.29, 1.82) is 5.53 Å². The predicted molar refractivity (Wildman–Crippen MR) is 91.1 cm³/mol. The molecule has 9 nitrogen and oxygen atoms in total. The van der Waals surface area contributed by atoms with Gasteiger partial charge in [0.25, 0.3) is 0 Å². The minimum Gasteiger partial charge on any atom is -0.353 e. The van der Waals surface area contributed by atoms with Gasteiger partial charge in [-0.1, -0.05) is 36.8 Å². The second-order valence-corrected chi connectivity index (χ2v) is 7.03. The molecule has 0 aliphatic carbocycles. The van der Waals surface area contributed by atoms with E-state index in [1.807, 2.05) is 6.92 Å². The number of anilines is 1. The first-order chi connectivity index (χ1) is 11.5. The SMILES string of the molecule is CCCC1C[C@@](N)(CC)[C@H](n2c(=O)sc3cnc(NN=N)nc32)O1. The second kappa shape index (κ2) is 6.54. The zero-order valence-electron chi connectivity index (χ0n) is 13.7. The first-order valence-electron chi connectivity index (χ1n) is 7.97. The monoisotopic (exact) mass is 351 g/mol. The van der Waals surface area contributed by atoms with E-state index in [2.05, 4.69) is 27.5 Å². The van der Waals surface area contributed by atoms with Gasteiger partial charge in [0, 0.05) is 0 Å². The lowest BCUT2D eigenvalue weighted by atomic mass is 9.90.